The van der Waals surface area contributed by atoms with E-state index in [0.29, 0.717) is 22.0 Å². The summed E-state index contributed by atoms with van der Waals surface area (Å²) in [4.78, 5) is 12.2. The fraction of sp³-hybridized carbons (Fsp3) is 0.133. The Kier molecular flexibility index (Phi) is 4.05. The van der Waals surface area contributed by atoms with Gasteiger partial charge in [0, 0.05) is 22.0 Å². The van der Waals surface area contributed by atoms with Crippen LogP contribution in [0.2, 0.25) is 10.0 Å². The van der Waals surface area contributed by atoms with Gasteiger partial charge < -0.3 is 0 Å². The highest BCUT2D eigenvalue weighted by atomic mass is 35.5. The number of halogens is 2. The van der Waals surface area contributed by atoms with Gasteiger partial charge in [-0.25, -0.2) is 0 Å². The maximum absolute atomic E-state index is 12.2. The molecule has 2 aromatic carbocycles. The predicted molar refractivity (Wildman–Crippen MR) is 75.7 cm³/mol. The lowest BCUT2D eigenvalue weighted by Crippen LogP contribution is -2.06. The summed E-state index contributed by atoms with van der Waals surface area (Å²) in [5.41, 5.74) is 2.43. The van der Waals surface area contributed by atoms with Gasteiger partial charge in [-0.2, -0.15) is 0 Å². The predicted octanol–water partition coefficient (Wildman–Crippen LogP) is 4.73. The standard InChI is InChI=1S/C15H12Cl2O/c1-10-8-12(16)6-7-13(10)15(18)9-11-4-2-3-5-14(11)17/h2-8H,9H2,1H3. The second-order valence-electron chi connectivity index (χ2n) is 4.15. The van der Waals surface area contributed by atoms with Crippen LogP contribution < -0.4 is 0 Å². The topological polar surface area (TPSA) is 17.1 Å². The van der Waals surface area contributed by atoms with Crippen molar-refractivity contribution in [2.45, 2.75) is 13.3 Å². The molecular formula is C15H12Cl2O. The van der Waals surface area contributed by atoms with Crippen molar-refractivity contribution in [1.29, 1.82) is 0 Å². The summed E-state index contributed by atoms with van der Waals surface area (Å²) in [6, 6.07) is 12.7. The van der Waals surface area contributed by atoms with Crippen molar-refractivity contribution in [2.24, 2.45) is 0 Å². The van der Waals surface area contributed by atoms with E-state index in [0.717, 1.165) is 11.1 Å². The van der Waals surface area contributed by atoms with E-state index in [9.17, 15) is 4.79 Å². The number of carbonyl (C=O) groups excluding carboxylic acids is 1. The lowest BCUT2D eigenvalue weighted by Gasteiger charge is -2.06. The molecule has 2 rings (SSSR count). The molecule has 0 saturated carbocycles. The molecule has 0 aliphatic carbocycles. The van der Waals surface area contributed by atoms with Crippen LogP contribution in [0.4, 0.5) is 0 Å². The van der Waals surface area contributed by atoms with E-state index in [1.54, 1.807) is 24.3 Å². The van der Waals surface area contributed by atoms with Crippen LogP contribution in [0, 0.1) is 6.92 Å². The molecule has 0 bridgehead atoms. The van der Waals surface area contributed by atoms with Gasteiger partial charge in [0.15, 0.2) is 5.78 Å². The molecule has 1 nitrogen and oxygen atoms in total. The van der Waals surface area contributed by atoms with Crippen LogP contribution in [-0.4, -0.2) is 5.78 Å². The van der Waals surface area contributed by atoms with Gasteiger partial charge in [-0.05, 0) is 42.3 Å². The fourth-order valence-electron chi connectivity index (χ4n) is 1.85. The molecule has 0 aliphatic heterocycles. The molecule has 0 aliphatic rings. The van der Waals surface area contributed by atoms with E-state index in [1.165, 1.54) is 0 Å². The number of Topliss-reactive ketones (excluding diaryl/α,β-unsaturated/α-hetero) is 1. The second kappa shape index (κ2) is 5.55. The van der Waals surface area contributed by atoms with Gasteiger partial charge in [-0.3, -0.25) is 4.79 Å². The number of aryl methyl sites for hydroxylation is 1. The molecule has 92 valence electrons. The number of hydrogen-bond acceptors (Lipinski definition) is 1. The van der Waals surface area contributed by atoms with Gasteiger partial charge in [-0.15, -0.1) is 0 Å². The highest BCUT2D eigenvalue weighted by Crippen LogP contribution is 2.20. The molecule has 2 aromatic rings. The molecular weight excluding hydrogens is 267 g/mol. The zero-order valence-electron chi connectivity index (χ0n) is 9.91. The monoisotopic (exact) mass is 278 g/mol. The van der Waals surface area contributed by atoms with Crippen molar-refractivity contribution >= 4 is 29.0 Å². The van der Waals surface area contributed by atoms with Crippen molar-refractivity contribution in [2.75, 3.05) is 0 Å². The van der Waals surface area contributed by atoms with E-state index in [2.05, 4.69) is 0 Å². The molecule has 18 heavy (non-hydrogen) atoms. The first-order valence-electron chi connectivity index (χ1n) is 5.60. The van der Waals surface area contributed by atoms with Crippen LogP contribution in [0.5, 0.6) is 0 Å². The quantitative estimate of drug-likeness (QED) is 0.742. The molecule has 0 amide bonds. The number of hydrogen-bond donors (Lipinski definition) is 0. The summed E-state index contributed by atoms with van der Waals surface area (Å²) in [6.45, 7) is 1.88. The van der Waals surface area contributed by atoms with E-state index < -0.39 is 0 Å². The summed E-state index contributed by atoms with van der Waals surface area (Å²) in [5.74, 6) is 0.0530. The number of benzene rings is 2. The molecule has 0 saturated heterocycles. The van der Waals surface area contributed by atoms with Gasteiger partial charge in [0.2, 0.25) is 0 Å². The van der Waals surface area contributed by atoms with E-state index in [-0.39, 0.29) is 5.78 Å². The van der Waals surface area contributed by atoms with E-state index in [4.69, 9.17) is 23.2 Å². The van der Waals surface area contributed by atoms with Gasteiger partial charge in [0.25, 0.3) is 0 Å². The Morgan fingerprint density at radius 1 is 1.11 bits per heavy atom. The van der Waals surface area contributed by atoms with Gasteiger partial charge in [-0.1, -0.05) is 41.4 Å². The third kappa shape index (κ3) is 2.92. The van der Waals surface area contributed by atoms with Crippen LogP contribution in [-0.2, 0) is 6.42 Å². The van der Waals surface area contributed by atoms with Crippen molar-refractivity contribution in [3.8, 4) is 0 Å². The first-order valence-corrected chi connectivity index (χ1v) is 6.36. The van der Waals surface area contributed by atoms with Crippen molar-refractivity contribution in [1.82, 2.24) is 0 Å². The Morgan fingerprint density at radius 2 is 1.83 bits per heavy atom. The lowest BCUT2D eigenvalue weighted by molar-refractivity contribution is 0.0992. The summed E-state index contributed by atoms with van der Waals surface area (Å²) < 4.78 is 0. The van der Waals surface area contributed by atoms with Crippen molar-refractivity contribution < 1.29 is 4.79 Å². The molecule has 0 spiro atoms. The van der Waals surface area contributed by atoms with Crippen LogP contribution in [0.15, 0.2) is 42.5 Å². The Morgan fingerprint density at radius 3 is 2.50 bits per heavy atom. The maximum Gasteiger partial charge on any atom is 0.167 e. The third-order valence-corrected chi connectivity index (χ3v) is 3.40. The van der Waals surface area contributed by atoms with Gasteiger partial charge >= 0.3 is 0 Å². The maximum atomic E-state index is 12.2. The molecule has 3 heteroatoms. The first kappa shape index (κ1) is 13.1. The Hall–Kier alpha value is -1.31. The number of ketones is 1. The van der Waals surface area contributed by atoms with Gasteiger partial charge in [0.1, 0.15) is 0 Å². The van der Waals surface area contributed by atoms with E-state index in [1.807, 2.05) is 25.1 Å². The Balaban J connectivity index is 2.25. The van der Waals surface area contributed by atoms with Crippen LogP contribution in [0.1, 0.15) is 21.5 Å². The SMILES string of the molecule is Cc1cc(Cl)ccc1C(=O)Cc1ccccc1Cl. The zero-order chi connectivity index (χ0) is 13.1. The third-order valence-electron chi connectivity index (χ3n) is 2.80. The molecule has 0 N–H and O–H groups in total. The zero-order valence-corrected chi connectivity index (χ0v) is 11.4. The summed E-state index contributed by atoms with van der Waals surface area (Å²) in [5, 5.41) is 1.26. The van der Waals surface area contributed by atoms with Crippen LogP contribution in [0.3, 0.4) is 0 Å². The average Bonchev–Trinajstić information content (AvgIpc) is 2.32. The van der Waals surface area contributed by atoms with Crippen LogP contribution in [0.25, 0.3) is 0 Å². The summed E-state index contributed by atoms with van der Waals surface area (Å²) in [6.07, 6.45) is 0.308. The van der Waals surface area contributed by atoms with Crippen molar-refractivity contribution in [3.05, 3.63) is 69.2 Å². The molecule has 0 fully saturated rings. The van der Waals surface area contributed by atoms with E-state index >= 15 is 0 Å². The Labute approximate surface area is 116 Å². The molecule has 0 unspecified atom stereocenters. The average molecular weight is 279 g/mol. The fourth-order valence-corrected chi connectivity index (χ4v) is 2.28. The number of rotatable bonds is 3. The van der Waals surface area contributed by atoms with Crippen molar-refractivity contribution in [3.63, 3.8) is 0 Å². The Bertz CT molecular complexity index is 591. The van der Waals surface area contributed by atoms with Crippen LogP contribution >= 0.6 is 23.2 Å². The minimum atomic E-state index is 0.0530. The summed E-state index contributed by atoms with van der Waals surface area (Å²) >= 11 is 11.9. The molecule has 0 heterocycles. The molecule has 0 radical (unpaired) electrons. The highest BCUT2D eigenvalue weighted by Gasteiger charge is 2.11. The van der Waals surface area contributed by atoms with Gasteiger partial charge in [0.05, 0.1) is 0 Å². The minimum Gasteiger partial charge on any atom is -0.294 e. The lowest BCUT2D eigenvalue weighted by atomic mass is 9.99. The summed E-state index contributed by atoms with van der Waals surface area (Å²) in [7, 11) is 0. The minimum absolute atomic E-state index is 0.0530. The molecule has 0 atom stereocenters. The normalized spacial score (nSPS) is 10.4. The highest BCUT2D eigenvalue weighted by molar-refractivity contribution is 6.31. The second-order valence-corrected chi connectivity index (χ2v) is 4.99. The number of carbonyl (C=O) groups is 1. The largest absolute Gasteiger partial charge is 0.294 e. The first-order chi connectivity index (χ1) is 8.58. The molecule has 0 aromatic heterocycles. The smallest absolute Gasteiger partial charge is 0.167 e.